The summed E-state index contributed by atoms with van der Waals surface area (Å²) in [6.45, 7) is 4.75. The van der Waals surface area contributed by atoms with Gasteiger partial charge in [-0.05, 0) is 6.92 Å². The van der Waals surface area contributed by atoms with Crippen LogP contribution in [0.5, 0.6) is 0 Å². The minimum Gasteiger partial charge on any atom is -0.388 e. The summed E-state index contributed by atoms with van der Waals surface area (Å²) in [6, 6.07) is -0.864. The van der Waals surface area contributed by atoms with Crippen molar-refractivity contribution in [2.45, 2.75) is 13.0 Å². The molecule has 0 aromatic carbocycles. The molecule has 68 valence electrons. The number of esters is 2. The predicted molar refractivity (Wildman–Crippen MR) is 47.7 cm³/mol. The van der Waals surface area contributed by atoms with E-state index in [9.17, 15) is 9.59 Å². The standard InChI is InChI=1S/C7H11NO3S/c1-4(2)6(9)11-7(10)5(8)3-12/h5,12H,1,3,8H2,2H3/t5-/m0/s1. The van der Waals surface area contributed by atoms with Gasteiger partial charge in [-0.25, -0.2) is 9.59 Å². The molecular formula is C7H11NO3S. The Morgan fingerprint density at radius 2 is 2.17 bits per heavy atom. The molecule has 0 bridgehead atoms. The molecule has 2 N–H and O–H groups in total. The van der Waals surface area contributed by atoms with Crippen LogP contribution in [-0.2, 0) is 14.3 Å². The Morgan fingerprint density at radius 1 is 1.67 bits per heavy atom. The van der Waals surface area contributed by atoms with Crippen molar-refractivity contribution >= 4 is 24.6 Å². The summed E-state index contributed by atoms with van der Waals surface area (Å²) in [5.41, 5.74) is 5.39. The number of carbonyl (C=O) groups is 2. The van der Waals surface area contributed by atoms with Gasteiger partial charge in [-0.3, -0.25) is 0 Å². The minimum absolute atomic E-state index is 0.141. The average Bonchev–Trinajstić information content (AvgIpc) is 2.02. The van der Waals surface area contributed by atoms with Crippen LogP contribution in [0.1, 0.15) is 6.92 Å². The lowest BCUT2D eigenvalue weighted by Crippen LogP contribution is -2.35. The van der Waals surface area contributed by atoms with E-state index in [0.717, 1.165) is 0 Å². The molecule has 0 amide bonds. The van der Waals surface area contributed by atoms with E-state index in [-0.39, 0.29) is 11.3 Å². The second-order valence-corrected chi connectivity index (χ2v) is 2.64. The van der Waals surface area contributed by atoms with Crippen molar-refractivity contribution in [3.63, 3.8) is 0 Å². The third-order valence-corrected chi connectivity index (χ3v) is 1.43. The highest BCUT2D eigenvalue weighted by atomic mass is 32.1. The van der Waals surface area contributed by atoms with Crippen LogP contribution >= 0.6 is 12.6 Å². The molecule has 0 spiro atoms. The van der Waals surface area contributed by atoms with Crippen LogP contribution in [0.4, 0.5) is 0 Å². The predicted octanol–water partition coefficient (Wildman–Crippen LogP) is -0.111. The van der Waals surface area contributed by atoms with E-state index in [4.69, 9.17) is 5.73 Å². The molecule has 0 aromatic rings. The molecule has 0 saturated carbocycles. The first-order valence-electron chi connectivity index (χ1n) is 3.27. The van der Waals surface area contributed by atoms with Gasteiger partial charge in [0.15, 0.2) is 0 Å². The zero-order valence-corrected chi connectivity index (χ0v) is 7.64. The Balaban J connectivity index is 4.01. The van der Waals surface area contributed by atoms with Crippen molar-refractivity contribution in [2.24, 2.45) is 5.73 Å². The Morgan fingerprint density at radius 3 is 2.50 bits per heavy atom. The van der Waals surface area contributed by atoms with Crippen LogP contribution in [0.15, 0.2) is 12.2 Å². The first kappa shape index (κ1) is 11.2. The topological polar surface area (TPSA) is 69.4 Å². The lowest BCUT2D eigenvalue weighted by molar-refractivity contribution is -0.157. The van der Waals surface area contributed by atoms with Gasteiger partial charge in [0.1, 0.15) is 6.04 Å². The highest BCUT2D eigenvalue weighted by molar-refractivity contribution is 7.80. The first-order valence-corrected chi connectivity index (χ1v) is 3.90. The number of thiol groups is 1. The Hall–Kier alpha value is -0.810. The molecule has 0 rings (SSSR count). The van der Waals surface area contributed by atoms with Crippen molar-refractivity contribution in [3.8, 4) is 0 Å². The monoisotopic (exact) mass is 189 g/mol. The maximum absolute atomic E-state index is 10.8. The SMILES string of the molecule is C=C(C)C(=O)OC(=O)[C@@H](N)CS. The maximum atomic E-state index is 10.8. The highest BCUT2D eigenvalue weighted by Crippen LogP contribution is 1.95. The zero-order valence-electron chi connectivity index (χ0n) is 6.74. The van der Waals surface area contributed by atoms with Crippen molar-refractivity contribution in [3.05, 3.63) is 12.2 Å². The summed E-state index contributed by atoms with van der Waals surface area (Å²) in [6.07, 6.45) is 0. The zero-order chi connectivity index (χ0) is 9.72. The van der Waals surface area contributed by atoms with E-state index in [1.165, 1.54) is 6.92 Å². The highest BCUT2D eigenvalue weighted by Gasteiger charge is 2.17. The summed E-state index contributed by atoms with van der Waals surface area (Å²) in [4.78, 5) is 21.6. The van der Waals surface area contributed by atoms with Crippen LogP contribution in [0.25, 0.3) is 0 Å². The minimum atomic E-state index is -0.864. The molecular weight excluding hydrogens is 178 g/mol. The molecule has 0 aliphatic heterocycles. The lowest BCUT2D eigenvalue weighted by Gasteiger charge is -2.06. The lowest BCUT2D eigenvalue weighted by atomic mass is 10.3. The molecule has 0 aliphatic carbocycles. The summed E-state index contributed by atoms with van der Waals surface area (Å²) in [7, 11) is 0. The average molecular weight is 189 g/mol. The number of rotatable bonds is 3. The van der Waals surface area contributed by atoms with E-state index < -0.39 is 18.0 Å². The van der Waals surface area contributed by atoms with Crippen molar-refractivity contribution in [2.75, 3.05) is 5.75 Å². The fourth-order valence-corrected chi connectivity index (χ4v) is 0.478. The van der Waals surface area contributed by atoms with Crippen LogP contribution < -0.4 is 5.73 Å². The van der Waals surface area contributed by atoms with Crippen molar-refractivity contribution < 1.29 is 14.3 Å². The van der Waals surface area contributed by atoms with Crippen LogP contribution in [0.3, 0.4) is 0 Å². The summed E-state index contributed by atoms with van der Waals surface area (Å²) in [5.74, 6) is -1.39. The molecule has 12 heavy (non-hydrogen) atoms. The Kier molecular flexibility index (Phi) is 4.61. The second kappa shape index (κ2) is 4.95. The fraction of sp³-hybridized carbons (Fsp3) is 0.429. The van der Waals surface area contributed by atoms with Crippen LogP contribution in [0, 0.1) is 0 Å². The summed E-state index contributed by atoms with van der Waals surface area (Å²) in [5, 5.41) is 0. The number of hydrogen-bond donors (Lipinski definition) is 2. The van der Waals surface area contributed by atoms with Gasteiger partial charge in [0, 0.05) is 11.3 Å². The van der Waals surface area contributed by atoms with E-state index in [2.05, 4.69) is 23.9 Å². The van der Waals surface area contributed by atoms with Gasteiger partial charge in [0.2, 0.25) is 0 Å². The maximum Gasteiger partial charge on any atom is 0.340 e. The molecule has 0 aliphatic rings. The molecule has 0 fully saturated rings. The smallest absolute Gasteiger partial charge is 0.340 e. The van der Waals surface area contributed by atoms with Crippen molar-refractivity contribution in [1.82, 2.24) is 0 Å². The number of nitrogens with two attached hydrogens (primary N) is 1. The molecule has 0 radical (unpaired) electrons. The normalized spacial score (nSPS) is 11.9. The van der Waals surface area contributed by atoms with Gasteiger partial charge in [0.25, 0.3) is 0 Å². The fourth-order valence-electron chi connectivity index (χ4n) is 0.329. The summed E-state index contributed by atoms with van der Waals surface area (Å²) < 4.78 is 4.31. The molecule has 0 aromatic heterocycles. The first-order chi connectivity index (χ1) is 5.49. The second-order valence-electron chi connectivity index (χ2n) is 2.28. The van der Waals surface area contributed by atoms with Gasteiger partial charge in [-0.15, -0.1) is 0 Å². The van der Waals surface area contributed by atoms with Gasteiger partial charge in [-0.1, -0.05) is 6.58 Å². The molecule has 1 atom stereocenters. The Labute approximate surface area is 76.2 Å². The number of hydrogen-bond acceptors (Lipinski definition) is 5. The van der Waals surface area contributed by atoms with Crippen molar-refractivity contribution in [1.29, 1.82) is 0 Å². The van der Waals surface area contributed by atoms with E-state index >= 15 is 0 Å². The molecule has 4 nitrogen and oxygen atoms in total. The molecule has 5 heteroatoms. The van der Waals surface area contributed by atoms with E-state index in [1.54, 1.807) is 0 Å². The number of carbonyl (C=O) groups excluding carboxylic acids is 2. The van der Waals surface area contributed by atoms with Gasteiger partial charge >= 0.3 is 11.9 Å². The summed E-state index contributed by atoms with van der Waals surface area (Å²) >= 11 is 3.77. The van der Waals surface area contributed by atoms with Gasteiger partial charge in [-0.2, -0.15) is 12.6 Å². The number of ether oxygens (including phenoxy) is 1. The third-order valence-electron chi connectivity index (χ3n) is 1.04. The van der Waals surface area contributed by atoms with E-state index in [1.807, 2.05) is 0 Å². The van der Waals surface area contributed by atoms with Gasteiger partial charge in [0.05, 0.1) is 0 Å². The van der Waals surface area contributed by atoms with Crippen LogP contribution in [-0.4, -0.2) is 23.7 Å². The van der Waals surface area contributed by atoms with E-state index in [0.29, 0.717) is 0 Å². The third kappa shape index (κ3) is 3.54. The quantitative estimate of drug-likeness (QED) is 0.281. The van der Waals surface area contributed by atoms with Gasteiger partial charge < -0.3 is 10.5 Å². The largest absolute Gasteiger partial charge is 0.388 e. The molecule has 0 saturated heterocycles. The molecule has 0 heterocycles. The molecule has 0 unspecified atom stereocenters. The van der Waals surface area contributed by atoms with Crippen LogP contribution in [0.2, 0.25) is 0 Å². The Bertz CT molecular complexity index is 215.